The van der Waals surface area contributed by atoms with E-state index in [0.717, 1.165) is 37.3 Å². The van der Waals surface area contributed by atoms with E-state index in [4.69, 9.17) is 0 Å². The van der Waals surface area contributed by atoms with E-state index in [1.165, 1.54) is 31.4 Å². The van der Waals surface area contributed by atoms with Crippen molar-refractivity contribution in [1.82, 2.24) is 4.57 Å². The largest absolute Gasteiger partial charge is 0.350 e. The van der Waals surface area contributed by atoms with Crippen LogP contribution in [0.15, 0.2) is 12.3 Å². The average Bonchev–Trinajstić information content (AvgIpc) is 2.79. The van der Waals surface area contributed by atoms with Crippen LogP contribution in [0.25, 0.3) is 0 Å². The maximum atomic E-state index is 11.8. The van der Waals surface area contributed by atoms with Crippen molar-refractivity contribution in [3.63, 3.8) is 0 Å². The minimum atomic E-state index is 0.344. The van der Waals surface area contributed by atoms with Crippen LogP contribution in [0, 0.1) is 5.92 Å². The predicted molar refractivity (Wildman–Crippen MR) is 75.0 cm³/mol. The molecule has 0 saturated carbocycles. The highest BCUT2D eigenvalue weighted by atomic mass is 16.1. The van der Waals surface area contributed by atoms with Gasteiger partial charge in [-0.25, -0.2) is 0 Å². The molecular weight excluding hydrogens is 222 g/mol. The minimum Gasteiger partial charge on any atom is -0.350 e. The number of carbonyl (C=O) groups is 1. The zero-order chi connectivity index (χ0) is 13.0. The van der Waals surface area contributed by atoms with Crippen LogP contribution in [0.2, 0.25) is 0 Å². The van der Waals surface area contributed by atoms with Gasteiger partial charge in [-0.15, -0.1) is 0 Å². The summed E-state index contributed by atoms with van der Waals surface area (Å²) in [7, 11) is 0. The zero-order valence-electron chi connectivity index (χ0n) is 11.7. The quantitative estimate of drug-likeness (QED) is 0.737. The smallest absolute Gasteiger partial charge is 0.164 e. The first-order valence-corrected chi connectivity index (χ1v) is 7.47. The van der Waals surface area contributed by atoms with Gasteiger partial charge in [-0.1, -0.05) is 33.1 Å². The van der Waals surface area contributed by atoms with Crippen LogP contribution in [-0.4, -0.2) is 10.4 Å². The number of Topliss-reactive ketones (excluding diaryl/α,β-unsaturated/α-hetero) is 1. The number of hydrogen-bond acceptors (Lipinski definition) is 1. The van der Waals surface area contributed by atoms with Crippen LogP contribution >= 0.6 is 0 Å². The van der Waals surface area contributed by atoms with Crippen LogP contribution < -0.4 is 0 Å². The number of carbonyl (C=O) groups excluding carboxylic acids is 1. The van der Waals surface area contributed by atoms with Crippen molar-refractivity contribution in [2.24, 2.45) is 5.92 Å². The van der Waals surface area contributed by atoms with E-state index < -0.39 is 0 Å². The Hall–Kier alpha value is -1.05. The van der Waals surface area contributed by atoms with E-state index in [9.17, 15) is 4.79 Å². The van der Waals surface area contributed by atoms with Gasteiger partial charge in [-0.3, -0.25) is 4.79 Å². The van der Waals surface area contributed by atoms with E-state index in [2.05, 4.69) is 24.6 Å². The Morgan fingerprint density at radius 1 is 1.33 bits per heavy atom. The molecule has 0 aliphatic heterocycles. The molecule has 0 aromatic carbocycles. The van der Waals surface area contributed by atoms with Gasteiger partial charge in [0.2, 0.25) is 0 Å². The lowest BCUT2D eigenvalue weighted by atomic mass is 9.95. The van der Waals surface area contributed by atoms with E-state index in [0.29, 0.717) is 5.78 Å². The molecule has 1 aromatic heterocycles. The number of fused-ring (bicyclic) bond motifs is 1. The van der Waals surface area contributed by atoms with Crippen molar-refractivity contribution in [2.45, 2.75) is 65.3 Å². The lowest BCUT2D eigenvalue weighted by molar-refractivity contribution is 0.0971. The van der Waals surface area contributed by atoms with Crippen LogP contribution in [0.1, 0.15) is 68.4 Å². The van der Waals surface area contributed by atoms with Crippen molar-refractivity contribution in [3.05, 3.63) is 23.5 Å². The summed E-state index contributed by atoms with van der Waals surface area (Å²) in [6.45, 7) is 5.63. The van der Waals surface area contributed by atoms with E-state index in [1.54, 1.807) is 0 Å². The molecule has 1 aliphatic carbocycles. The standard InChI is InChI=1S/C16H25NO/c1-3-5-7-13(4-2)12-17-11-10-14-15(17)8-6-9-16(14)18/h10-11,13H,3-9,12H2,1-2H3. The molecular formula is C16H25NO. The molecule has 2 rings (SSSR count). The van der Waals surface area contributed by atoms with Gasteiger partial charge in [0.05, 0.1) is 0 Å². The van der Waals surface area contributed by atoms with Crippen LogP contribution in [0.3, 0.4) is 0 Å². The SMILES string of the molecule is CCCCC(CC)Cn1ccc2c1CCCC2=O. The highest BCUT2D eigenvalue weighted by molar-refractivity contribution is 5.98. The number of nitrogens with zero attached hydrogens (tertiary/aromatic N) is 1. The van der Waals surface area contributed by atoms with Crippen molar-refractivity contribution in [2.75, 3.05) is 0 Å². The van der Waals surface area contributed by atoms with Crippen molar-refractivity contribution < 1.29 is 4.79 Å². The summed E-state index contributed by atoms with van der Waals surface area (Å²) in [5.41, 5.74) is 2.28. The third kappa shape index (κ3) is 2.85. The van der Waals surface area contributed by atoms with Gasteiger partial charge >= 0.3 is 0 Å². The summed E-state index contributed by atoms with van der Waals surface area (Å²) < 4.78 is 2.34. The first-order valence-electron chi connectivity index (χ1n) is 7.47. The number of ketones is 1. The lowest BCUT2D eigenvalue weighted by Gasteiger charge is -2.20. The second-order valence-electron chi connectivity index (χ2n) is 5.52. The molecule has 100 valence electrons. The number of aromatic nitrogens is 1. The van der Waals surface area contributed by atoms with Gasteiger partial charge in [0, 0.05) is 30.4 Å². The summed E-state index contributed by atoms with van der Waals surface area (Å²) >= 11 is 0. The number of rotatable bonds is 6. The molecule has 0 fully saturated rings. The highest BCUT2D eigenvalue weighted by Crippen LogP contribution is 2.24. The Balaban J connectivity index is 2.07. The van der Waals surface area contributed by atoms with Crippen molar-refractivity contribution in [3.8, 4) is 0 Å². The Morgan fingerprint density at radius 2 is 2.17 bits per heavy atom. The molecule has 0 spiro atoms. The molecule has 2 heteroatoms. The molecule has 0 radical (unpaired) electrons. The average molecular weight is 247 g/mol. The van der Waals surface area contributed by atoms with Crippen molar-refractivity contribution >= 4 is 5.78 Å². The highest BCUT2D eigenvalue weighted by Gasteiger charge is 2.21. The van der Waals surface area contributed by atoms with Gasteiger partial charge in [-0.05, 0) is 31.2 Å². The summed E-state index contributed by atoms with van der Waals surface area (Å²) in [6.07, 6.45) is 10.1. The van der Waals surface area contributed by atoms with E-state index in [1.807, 2.05) is 6.07 Å². The summed E-state index contributed by atoms with van der Waals surface area (Å²) in [6, 6.07) is 2.03. The molecule has 0 bridgehead atoms. The molecule has 1 unspecified atom stereocenters. The maximum Gasteiger partial charge on any atom is 0.164 e. The van der Waals surface area contributed by atoms with Gasteiger partial charge in [0.25, 0.3) is 0 Å². The zero-order valence-corrected chi connectivity index (χ0v) is 11.7. The minimum absolute atomic E-state index is 0.344. The van der Waals surface area contributed by atoms with Gasteiger partial charge < -0.3 is 4.57 Å². The second-order valence-corrected chi connectivity index (χ2v) is 5.52. The lowest BCUT2D eigenvalue weighted by Crippen LogP contribution is -2.16. The fourth-order valence-electron chi connectivity index (χ4n) is 2.96. The molecule has 1 aliphatic rings. The molecule has 18 heavy (non-hydrogen) atoms. The molecule has 2 nitrogen and oxygen atoms in total. The Bertz CT molecular complexity index is 405. The maximum absolute atomic E-state index is 11.8. The Morgan fingerprint density at radius 3 is 2.89 bits per heavy atom. The van der Waals surface area contributed by atoms with E-state index in [-0.39, 0.29) is 0 Å². The molecule has 0 saturated heterocycles. The van der Waals surface area contributed by atoms with Gasteiger partial charge in [0.1, 0.15) is 0 Å². The first kappa shape index (κ1) is 13.4. The van der Waals surface area contributed by atoms with Crippen LogP contribution in [0.4, 0.5) is 0 Å². The normalized spacial score (nSPS) is 16.7. The Labute approximate surface area is 110 Å². The third-order valence-corrected chi connectivity index (χ3v) is 4.19. The van der Waals surface area contributed by atoms with Crippen LogP contribution in [-0.2, 0) is 13.0 Å². The summed E-state index contributed by atoms with van der Waals surface area (Å²) in [5, 5.41) is 0. The fourth-order valence-corrected chi connectivity index (χ4v) is 2.96. The second kappa shape index (κ2) is 6.21. The van der Waals surface area contributed by atoms with Gasteiger partial charge in [-0.2, -0.15) is 0 Å². The van der Waals surface area contributed by atoms with Crippen molar-refractivity contribution in [1.29, 1.82) is 0 Å². The van der Waals surface area contributed by atoms with Crippen LogP contribution in [0.5, 0.6) is 0 Å². The topological polar surface area (TPSA) is 22.0 Å². The molecule has 1 aromatic rings. The molecule has 1 atom stereocenters. The Kier molecular flexibility index (Phi) is 4.62. The number of hydrogen-bond donors (Lipinski definition) is 0. The fraction of sp³-hybridized carbons (Fsp3) is 0.688. The van der Waals surface area contributed by atoms with Gasteiger partial charge in [0.15, 0.2) is 5.78 Å². The summed E-state index contributed by atoms with van der Waals surface area (Å²) in [4.78, 5) is 11.8. The number of unbranched alkanes of at least 4 members (excludes halogenated alkanes) is 1. The monoisotopic (exact) mass is 247 g/mol. The first-order chi connectivity index (χ1) is 8.76. The molecule has 0 N–H and O–H groups in total. The third-order valence-electron chi connectivity index (χ3n) is 4.19. The molecule has 0 amide bonds. The summed E-state index contributed by atoms with van der Waals surface area (Å²) in [5.74, 6) is 1.11. The predicted octanol–water partition coefficient (Wildman–Crippen LogP) is 4.22. The van der Waals surface area contributed by atoms with E-state index >= 15 is 0 Å². The molecule has 1 heterocycles.